The van der Waals surface area contributed by atoms with Crippen molar-refractivity contribution in [3.8, 4) is 11.6 Å². The summed E-state index contributed by atoms with van der Waals surface area (Å²) in [5.41, 5.74) is 1.07. The molecule has 0 spiro atoms. The van der Waals surface area contributed by atoms with Gasteiger partial charge in [0, 0.05) is 38.3 Å². The van der Waals surface area contributed by atoms with Crippen molar-refractivity contribution in [2.75, 3.05) is 67.6 Å². The fourth-order valence-corrected chi connectivity index (χ4v) is 6.23. The van der Waals surface area contributed by atoms with Crippen LogP contribution in [0.15, 0.2) is 30.7 Å². The number of hydrogen-bond donors (Lipinski definition) is 2. The van der Waals surface area contributed by atoms with Gasteiger partial charge in [0.1, 0.15) is 18.0 Å². The molecule has 2 N–H and O–H groups in total. The number of likely N-dealkylation sites (N-methyl/N-ethyl adjacent to an activating group) is 1. The summed E-state index contributed by atoms with van der Waals surface area (Å²) in [6.07, 6.45) is 10.7. The standard InChI is InChI=1S/C28H38N8O5S/c1-35-8-7-22(18-35)40-23-16-30-28(31-17-23)32-19-3-5-21(6-4-19)41-27-24-13-20(34-42(2,37)38)15-29-25(24)14-26(33-27)36-9-11-39-12-10-36/h13-17,19,21-22,34H,3-12,18H2,1-2H3,(H,30,31,32)/t19?,21?,22-/m0/s1. The van der Waals surface area contributed by atoms with E-state index in [-0.39, 0.29) is 18.2 Å². The SMILES string of the molecule is CN1CC[C@H](Oc2cnc(NC3CCC(Oc4nc(N5CCOCC5)cc5ncc(NS(C)(=O)=O)cc45)CC3)nc2)C1. The van der Waals surface area contributed by atoms with Crippen molar-refractivity contribution in [2.24, 2.45) is 0 Å². The Morgan fingerprint density at radius 1 is 0.929 bits per heavy atom. The number of hydrogen-bond acceptors (Lipinski definition) is 12. The molecule has 226 valence electrons. The number of anilines is 3. The molecule has 0 radical (unpaired) electrons. The molecule has 1 saturated carbocycles. The van der Waals surface area contributed by atoms with Crippen LogP contribution in [0.5, 0.6) is 11.6 Å². The molecule has 0 bridgehead atoms. The molecule has 1 atom stereocenters. The van der Waals surface area contributed by atoms with E-state index in [2.05, 4.69) is 41.8 Å². The third kappa shape index (κ3) is 7.28. The van der Waals surface area contributed by atoms with Crippen LogP contribution in [0.2, 0.25) is 0 Å². The minimum absolute atomic E-state index is 0.0357. The number of sulfonamides is 1. The fraction of sp³-hybridized carbons (Fsp3) is 0.571. The number of pyridine rings is 2. The Morgan fingerprint density at radius 3 is 2.38 bits per heavy atom. The maximum atomic E-state index is 11.8. The highest BCUT2D eigenvalue weighted by atomic mass is 32.2. The summed E-state index contributed by atoms with van der Waals surface area (Å²) in [5, 5.41) is 4.12. The summed E-state index contributed by atoms with van der Waals surface area (Å²) in [6, 6.07) is 3.88. The number of morpholine rings is 1. The van der Waals surface area contributed by atoms with Crippen LogP contribution in [0, 0.1) is 0 Å². The van der Waals surface area contributed by atoms with E-state index in [0.717, 1.165) is 70.4 Å². The quantitative estimate of drug-likeness (QED) is 0.373. The molecule has 0 amide bonds. The molecule has 3 aromatic heterocycles. The first-order valence-corrected chi connectivity index (χ1v) is 16.4. The zero-order valence-electron chi connectivity index (χ0n) is 24.0. The summed E-state index contributed by atoms with van der Waals surface area (Å²) in [6.45, 7) is 4.69. The van der Waals surface area contributed by atoms with Gasteiger partial charge in [-0.2, -0.15) is 4.98 Å². The Bertz CT molecular complexity index is 1480. The van der Waals surface area contributed by atoms with Gasteiger partial charge in [-0.05, 0) is 45.2 Å². The minimum Gasteiger partial charge on any atom is -0.486 e. The number of ether oxygens (including phenoxy) is 3. The number of nitrogens with one attached hydrogen (secondary N) is 2. The first-order valence-electron chi connectivity index (χ1n) is 14.5. The van der Waals surface area contributed by atoms with Gasteiger partial charge in [-0.15, -0.1) is 0 Å². The number of aromatic nitrogens is 4. The highest BCUT2D eigenvalue weighted by molar-refractivity contribution is 7.92. The predicted molar refractivity (Wildman–Crippen MR) is 160 cm³/mol. The van der Waals surface area contributed by atoms with E-state index in [1.807, 2.05) is 6.07 Å². The van der Waals surface area contributed by atoms with Crippen LogP contribution in [0.1, 0.15) is 32.1 Å². The van der Waals surface area contributed by atoms with Gasteiger partial charge in [0.25, 0.3) is 0 Å². The van der Waals surface area contributed by atoms with Gasteiger partial charge in [-0.3, -0.25) is 9.71 Å². The molecule has 13 nitrogen and oxygen atoms in total. The van der Waals surface area contributed by atoms with E-state index < -0.39 is 10.0 Å². The van der Waals surface area contributed by atoms with E-state index in [0.29, 0.717) is 47.4 Å². The van der Waals surface area contributed by atoms with Crippen LogP contribution in [-0.4, -0.2) is 104 Å². The average Bonchev–Trinajstić information content (AvgIpc) is 3.39. The number of fused-ring (bicyclic) bond motifs is 1. The van der Waals surface area contributed by atoms with Crippen LogP contribution < -0.4 is 24.4 Å². The molecule has 14 heteroatoms. The zero-order chi connectivity index (χ0) is 29.1. The minimum atomic E-state index is -3.45. The fourth-order valence-electron chi connectivity index (χ4n) is 5.69. The van der Waals surface area contributed by atoms with E-state index in [1.165, 1.54) is 6.20 Å². The van der Waals surface area contributed by atoms with Gasteiger partial charge in [0.2, 0.25) is 21.9 Å². The van der Waals surface area contributed by atoms with E-state index in [9.17, 15) is 8.42 Å². The predicted octanol–water partition coefficient (Wildman–Crippen LogP) is 2.51. The van der Waals surface area contributed by atoms with Crippen molar-refractivity contribution in [3.05, 3.63) is 30.7 Å². The van der Waals surface area contributed by atoms with Crippen molar-refractivity contribution in [1.29, 1.82) is 0 Å². The van der Waals surface area contributed by atoms with Gasteiger partial charge < -0.3 is 29.3 Å². The number of rotatable bonds is 9. The Morgan fingerprint density at radius 2 is 1.69 bits per heavy atom. The molecule has 3 fully saturated rings. The van der Waals surface area contributed by atoms with Crippen molar-refractivity contribution in [2.45, 2.75) is 50.4 Å². The monoisotopic (exact) mass is 598 g/mol. The lowest BCUT2D eigenvalue weighted by atomic mass is 9.93. The lowest BCUT2D eigenvalue weighted by Crippen LogP contribution is -2.37. The van der Waals surface area contributed by atoms with Gasteiger partial charge in [-0.1, -0.05) is 0 Å². The summed E-state index contributed by atoms with van der Waals surface area (Å²) < 4.78 is 44.2. The lowest BCUT2D eigenvalue weighted by molar-refractivity contribution is 0.122. The largest absolute Gasteiger partial charge is 0.486 e. The van der Waals surface area contributed by atoms with Gasteiger partial charge >= 0.3 is 0 Å². The Kier molecular flexibility index (Phi) is 8.45. The molecule has 3 aliphatic rings. The summed E-state index contributed by atoms with van der Waals surface area (Å²) in [4.78, 5) is 22.8. The summed E-state index contributed by atoms with van der Waals surface area (Å²) in [5.74, 6) is 2.53. The molecule has 2 aliphatic heterocycles. The third-order valence-electron chi connectivity index (χ3n) is 7.83. The molecule has 2 saturated heterocycles. The van der Waals surface area contributed by atoms with E-state index >= 15 is 0 Å². The molecule has 6 rings (SSSR count). The zero-order valence-corrected chi connectivity index (χ0v) is 24.8. The van der Waals surface area contributed by atoms with Gasteiger partial charge in [-0.25, -0.2) is 18.4 Å². The molecular weight excluding hydrogens is 560 g/mol. The molecule has 3 aromatic rings. The molecule has 42 heavy (non-hydrogen) atoms. The van der Waals surface area contributed by atoms with Gasteiger partial charge in [0.05, 0.1) is 54.7 Å². The average molecular weight is 599 g/mol. The van der Waals surface area contributed by atoms with Crippen molar-refractivity contribution < 1.29 is 22.6 Å². The Hall–Kier alpha value is -3.49. The summed E-state index contributed by atoms with van der Waals surface area (Å²) in [7, 11) is -1.35. The molecular formula is C28H38N8O5S. The smallest absolute Gasteiger partial charge is 0.229 e. The molecule has 0 aromatic carbocycles. The lowest BCUT2D eigenvalue weighted by Gasteiger charge is -2.31. The second kappa shape index (κ2) is 12.4. The second-order valence-corrected chi connectivity index (χ2v) is 13.1. The maximum absolute atomic E-state index is 11.8. The van der Waals surface area contributed by atoms with E-state index in [4.69, 9.17) is 19.2 Å². The second-order valence-electron chi connectivity index (χ2n) is 11.3. The molecule has 1 aliphatic carbocycles. The molecule has 0 unspecified atom stereocenters. The number of likely N-dealkylation sites (tertiary alicyclic amines) is 1. The van der Waals surface area contributed by atoms with Crippen molar-refractivity contribution in [1.82, 2.24) is 24.8 Å². The normalized spacial score (nSPS) is 23.6. The highest BCUT2D eigenvalue weighted by Crippen LogP contribution is 2.33. The van der Waals surface area contributed by atoms with Crippen LogP contribution in [0.25, 0.3) is 10.9 Å². The Labute approximate surface area is 246 Å². The molecule has 5 heterocycles. The first-order chi connectivity index (χ1) is 20.3. The van der Waals surface area contributed by atoms with Crippen LogP contribution in [0.4, 0.5) is 17.5 Å². The van der Waals surface area contributed by atoms with Crippen LogP contribution in [-0.2, 0) is 14.8 Å². The van der Waals surface area contributed by atoms with E-state index in [1.54, 1.807) is 18.5 Å². The van der Waals surface area contributed by atoms with Crippen molar-refractivity contribution >= 4 is 38.4 Å². The Balaban J connectivity index is 1.11. The third-order valence-corrected chi connectivity index (χ3v) is 8.44. The van der Waals surface area contributed by atoms with Crippen molar-refractivity contribution in [3.63, 3.8) is 0 Å². The van der Waals surface area contributed by atoms with Crippen LogP contribution in [0.3, 0.4) is 0 Å². The van der Waals surface area contributed by atoms with Crippen LogP contribution >= 0.6 is 0 Å². The maximum Gasteiger partial charge on any atom is 0.229 e. The summed E-state index contributed by atoms with van der Waals surface area (Å²) >= 11 is 0. The topological polar surface area (TPSA) is 144 Å². The number of nitrogens with zero attached hydrogens (tertiary/aromatic N) is 6. The van der Waals surface area contributed by atoms with Gasteiger partial charge in [0.15, 0.2) is 5.75 Å². The highest BCUT2D eigenvalue weighted by Gasteiger charge is 2.26. The first kappa shape index (κ1) is 28.6.